The smallest absolute Gasteiger partial charge is 0.222 e. The number of nitriles is 1. The summed E-state index contributed by atoms with van der Waals surface area (Å²) in [4.78, 5) is 17.6. The fraction of sp³-hybridized carbons (Fsp3) is 0.154. The van der Waals surface area contributed by atoms with Crippen LogP contribution in [0.2, 0.25) is 5.28 Å². The van der Waals surface area contributed by atoms with Crippen molar-refractivity contribution in [3.05, 3.63) is 46.1 Å². The molecule has 0 aliphatic heterocycles. The molecule has 20 heavy (non-hydrogen) atoms. The van der Waals surface area contributed by atoms with Crippen LogP contribution >= 0.6 is 22.9 Å². The molecule has 3 aromatic heterocycles. The lowest BCUT2D eigenvalue weighted by molar-refractivity contribution is 0.934. The average molecular weight is 302 g/mol. The number of aromatic nitrogens is 4. The van der Waals surface area contributed by atoms with Gasteiger partial charge in [0.25, 0.3) is 0 Å². The van der Waals surface area contributed by atoms with Crippen LogP contribution in [0.3, 0.4) is 0 Å². The summed E-state index contributed by atoms with van der Waals surface area (Å²) in [5, 5.41) is 10.2. The molecule has 5 nitrogen and oxygen atoms in total. The van der Waals surface area contributed by atoms with E-state index in [4.69, 9.17) is 11.6 Å². The summed E-state index contributed by atoms with van der Waals surface area (Å²) < 4.78 is 0. The topological polar surface area (TPSA) is 75.3 Å². The molecular formula is C13H8ClN5S. The van der Waals surface area contributed by atoms with Crippen molar-refractivity contribution >= 4 is 33.3 Å². The van der Waals surface area contributed by atoms with Crippen molar-refractivity contribution in [1.82, 2.24) is 19.9 Å². The molecule has 0 N–H and O–H groups in total. The maximum absolute atomic E-state index is 9.40. The third kappa shape index (κ3) is 2.33. The van der Waals surface area contributed by atoms with Crippen LogP contribution in [0, 0.1) is 18.3 Å². The van der Waals surface area contributed by atoms with Crippen LogP contribution in [0.5, 0.6) is 0 Å². The number of aryl methyl sites for hydroxylation is 1. The molecule has 0 saturated heterocycles. The molecule has 1 unspecified atom stereocenters. The summed E-state index contributed by atoms with van der Waals surface area (Å²) in [5.74, 6) is -0.560. The van der Waals surface area contributed by atoms with Crippen molar-refractivity contribution in [1.29, 1.82) is 5.26 Å². The van der Waals surface area contributed by atoms with Crippen molar-refractivity contribution in [2.75, 3.05) is 0 Å². The first-order chi connectivity index (χ1) is 9.67. The Kier molecular flexibility index (Phi) is 3.30. The van der Waals surface area contributed by atoms with Crippen molar-refractivity contribution in [3.8, 4) is 6.07 Å². The summed E-state index contributed by atoms with van der Waals surface area (Å²) >= 11 is 7.17. The van der Waals surface area contributed by atoms with E-state index in [0.717, 1.165) is 16.0 Å². The van der Waals surface area contributed by atoms with E-state index in [2.05, 4.69) is 26.0 Å². The first kappa shape index (κ1) is 12.9. The zero-order valence-electron chi connectivity index (χ0n) is 10.4. The highest BCUT2D eigenvalue weighted by atomic mass is 35.5. The molecule has 0 saturated carbocycles. The van der Waals surface area contributed by atoms with Crippen LogP contribution in [0.25, 0.3) is 10.3 Å². The second kappa shape index (κ2) is 5.12. The van der Waals surface area contributed by atoms with E-state index in [-0.39, 0.29) is 5.28 Å². The predicted octanol–water partition coefficient (Wildman–Crippen LogP) is 3.10. The Labute approximate surface area is 123 Å². The van der Waals surface area contributed by atoms with Gasteiger partial charge in [0.1, 0.15) is 21.3 Å². The molecule has 98 valence electrons. The van der Waals surface area contributed by atoms with E-state index < -0.39 is 5.92 Å². The van der Waals surface area contributed by atoms with Gasteiger partial charge in [0.05, 0.1) is 11.8 Å². The highest BCUT2D eigenvalue weighted by molar-refractivity contribution is 7.18. The maximum atomic E-state index is 9.40. The number of rotatable bonds is 2. The van der Waals surface area contributed by atoms with E-state index in [1.165, 1.54) is 17.5 Å². The lowest BCUT2D eigenvalue weighted by Gasteiger charge is -2.04. The van der Waals surface area contributed by atoms with Gasteiger partial charge in [0, 0.05) is 11.9 Å². The molecule has 0 aromatic carbocycles. The van der Waals surface area contributed by atoms with Crippen LogP contribution in [-0.4, -0.2) is 19.9 Å². The van der Waals surface area contributed by atoms with Gasteiger partial charge in [0.15, 0.2) is 0 Å². The SMILES string of the molecule is Cc1ccc2nc(C(C#N)c3ccnc(Cl)n3)sc2n1. The monoisotopic (exact) mass is 301 g/mol. The van der Waals surface area contributed by atoms with Gasteiger partial charge in [-0.05, 0) is 36.7 Å². The fourth-order valence-electron chi connectivity index (χ4n) is 1.81. The van der Waals surface area contributed by atoms with Gasteiger partial charge in [-0.1, -0.05) is 11.3 Å². The molecule has 3 rings (SSSR count). The number of nitrogens with zero attached hydrogens (tertiary/aromatic N) is 5. The van der Waals surface area contributed by atoms with Gasteiger partial charge in [-0.25, -0.2) is 19.9 Å². The zero-order chi connectivity index (χ0) is 14.1. The van der Waals surface area contributed by atoms with E-state index in [9.17, 15) is 5.26 Å². The Morgan fingerprint density at radius 1 is 1.25 bits per heavy atom. The lowest BCUT2D eigenvalue weighted by Crippen LogP contribution is -2.01. The Hall–Kier alpha value is -2.10. The second-order valence-corrected chi connectivity index (χ2v) is 5.49. The molecule has 7 heteroatoms. The fourth-order valence-corrected chi connectivity index (χ4v) is 3.00. The Morgan fingerprint density at radius 2 is 2.10 bits per heavy atom. The van der Waals surface area contributed by atoms with E-state index in [1.807, 2.05) is 19.1 Å². The van der Waals surface area contributed by atoms with Crippen molar-refractivity contribution in [2.24, 2.45) is 0 Å². The largest absolute Gasteiger partial charge is 0.241 e. The van der Waals surface area contributed by atoms with Crippen molar-refractivity contribution in [2.45, 2.75) is 12.8 Å². The zero-order valence-corrected chi connectivity index (χ0v) is 12.0. The van der Waals surface area contributed by atoms with Crippen LogP contribution in [-0.2, 0) is 0 Å². The van der Waals surface area contributed by atoms with Gasteiger partial charge in [-0.2, -0.15) is 5.26 Å². The molecule has 1 atom stereocenters. The van der Waals surface area contributed by atoms with Crippen LogP contribution in [0.15, 0.2) is 24.4 Å². The van der Waals surface area contributed by atoms with Gasteiger partial charge in [-0.3, -0.25) is 0 Å². The second-order valence-electron chi connectivity index (χ2n) is 4.14. The third-order valence-corrected chi connectivity index (χ3v) is 3.94. The van der Waals surface area contributed by atoms with Crippen LogP contribution in [0.1, 0.15) is 22.3 Å². The van der Waals surface area contributed by atoms with Gasteiger partial charge in [-0.15, -0.1) is 0 Å². The minimum absolute atomic E-state index is 0.123. The summed E-state index contributed by atoms with van der Waals surface area (Å²) in [7, 11) is 0. The molecular weight excluding hydrogens is 294 g/mol. The number of halogens is 1. The number of hydrogen-bond donors (Lipinski definition) is 0. The van der Waals surface area contributed by atoms with Crippen LogP contribution < -0.4 is 0 Å². The Balaban J connectivity index is 2.10. The van der Waals surface area contributed by atoms with Crippen molar-refractivity contribution in [3.63, 3.8) is 0 Å². The number of hydrogen-bond acceptors (Lipinski definition) is 6. The first-order valence-corrected chi connectivity index (χ1v) is 6.99. The predicted molar refractivity (Wildman–Crippen MR) is 76.7 cm³/mol. The van der Waals surface area contributed by atoms with E-state index in [1.54, 1.807) is 6.07 Å². The summed E-state index contributed by atoms with van der Waals surface area (Å²) in [5.41, 5.74) is 2.26. The molecule has 0 radical (unpaired) electrons. The van der Waals surface area contributed by atoms with Crippen LogP contribution in [0.4, 0.5) is 0 Å². The average Bonchev–Trinajstić information content (AvgIpc) is 2.82. The summed E-state index contributed by atoms with van der Waals surface area (Å²) in [6, 6.07) is 7.68. The first-order valence-electron chi connectivity index (χ1n) is 5.79. The molecule has 0 spiro atoms. The third-order valence-electron chi connectivity index (χ3n) is 2.73. The molecule has 0 amide bonds. The molecule has 0 bridgehead atoms. The molecule has 0 aliphatic carbocycles. The van der Waals surface area contributed by atoms with E-state index in [0.29, 0.717) is 10.7 Å². The molecule has 0 aliphatic rings. The quantitative estimate of drug-likeness (QED) is 0.680. The maximum Gasteiger partial charge on any atom is 0.222 e. The number of pyridine rings is 1. The molecule has 0 fully saturated rings. The summed E-state index contributed by atoms with van der Waals surface area (Å²) in [6.45, 7) is 1.92. The molecule has 3 aromatic rings. The van der Waals surface area contributed by atoms with Gasteiger partial charge >= 0.3 is 0 Å². The minimum Gasteiger partial charge on any atom is -0.241 e. The van der Waals surface area contributed by atoms with Gasteiger partial charge in [0.2, 0.25) is 5.28 Å². The molecule has 3 heterocycles. The Morgan fingerprint density at radius 3 is 2.85 bits per heavy atom. The van der Waals surface area contributed by atoms with E-state index >= 15 is 0 Å². The standard InChI is InChI=1S/C13H8ClN5S/c1-7-2-3-10-12(17-7)20-11(18-10)8(6-15)9-4-5-16-13(14)19-9/h2-5,8H,1H3. The minimum atomic E-state index is -0.560. The number of fused-ring (bicyclic) bond motifs is 1. The number of thiazole rings is 1. The van der Waals surface area contributed by atoms with Gasteiger partial charge < -0.3 is 0 Å². The summed E-state index contributed by atoms with van der Waals surface area (Å²) in [6.07, 6.45) is 1.53. The highest BCUT2D eigenvalue weighted by Crippen LogP contribution is 2.30. The van der Waals surface area contributed by atoms with Crippen molar-refractivity contribution < 1.29 is 0 Å². The lowest BCUT2D eigenvalue weighted by atomic mass is 10.1. The highest BCUT2D eigenvalue weighted by Gasteiger charge is 2.20. The Bertz CT molecular complexity index is 823. The normalized spacial score (nSPS) is 12.2.